The molecule has 0 spiro atoms. The molecule has 102 valence electrons. The molecule has 4 nitrogen and oxygen atoms in total. The van der Waals surface area contributed by atoms with Gasteiger partial charge in [0.15, 0.2) is 0 Å². The summed E-state index contributed by atoms with van der Waals surface area (Å²) in [6.45, 7) is 2.78. The summed E-state index contributed by atoms with van der Waals surface area (Å²) in [4.78, 5) is 3.39. The summed E-state index contributed by atoms with van der Waals surface area (Å²) in [5.41, 5.74) is 2.64. The zero-order valence-electron chi connectivity index (χ0n) is 11.1. The molecule has 19 heavy (non-hydrogen) atoms. The van der Waals surface area contributed by atoms with Crippen molar-refractivity contribution >= 4 is 10.9 Å². The van der Waals surface area contributed by atoms with Gasteiger partial charge in [-0.05, 0) is 30.5 Å². The first kappa shape index (κ1) is 12.5. The molecule has 1 aromatic carbocycles. The molecule has 1 aliphatic heterocycles. The zero-order chi connectivity index (χ0) is 13.5. The van der Waals surface area contributed by atoms with Gasteiger partial charge in [0, 0.05) is 23.9 Å². The molecule has 0 radical (unpaired) electrons. The number of hydrogen-bond donors (Lipinski definition) is 3. The summed E-state index contributed by atoms with van der Waals surface area (Å²) >= 11 is 0. The molecule has 3 rings (SSSR count). The van der Waals surface area contributed by atoms with E-state index in [-0.39, 0.29) is 6.61 Å². The molecule has 1 atom stereocenters. The van der Waals surface area contributed by atoms with Gasteiger partial charge in [0.25, 0.3) is 0 Å². The normalized spacial score (nSPS) is 22.6. The van der Waals surface area contributed by atoms with Crippen molar-refractivity contribution in [1.82, 2.24) is 4.98 Å². The van der Waals surface area contributed by atoms with E-state index in [1.165, 1.54) is 0 Å². The number of nitrogens with one attached hydrogen (secondary N) is 1. The van der Waals surface area contributed by atoms with Crippen molar-refractivity contribution < 1.29 is 14.9 Å². The summed E-state index contributed by atoms with van der Waals surface area (Å²) in [6, 6.07) is 5.51. The highest BCUT2D eigenvalue weighted by Crippen LogP contribution is 2.43. The number of hydrogen-bond acceptors (Lipinski definition) is 3. The Morgan fingerprint density at radius 3 is 3.00 bits per heavy atom. The maximum Gasteiger partial charge on any atom is 0.125 e. The minimum atomic E-state index is -0.451. The molecule has 1 unspecified atom stereocenters. The van der Waals surface area contributed by atoms with E-state index in [1.807, 2.05) is 12.1 Å². The fourth-order valence-corrected chi connectivity index (χ4v) is 3.19. The van der Waals surface area contributed by atoms with Crippen molar-refractivity contribution in [3.05, 3.63) is 29.5 Å². The Balaban J connectivity index is 2.25. The third-order valence-corrected chi connectivity index (χ3v) is 4.18. The van der Waals surface area contributed by atoms with Crippen LogP contribution in [0.2, 0.25) is 0 Å². The summed E-state index contributed by atoms with van der Waals surface area (Å²) in [7, 11) is 0. The van der Waals surface area contributed by atoms with Crippen LogP contribution in [0, 0.1) is 0 Å². The minimum absolute atomic E-state index is 0.0919. The van der Waals surface area contributed by atoms with Crippen LogP contribution in [0.15, 0.2) is 18.2 Å². The number of benzene rings is 1. The number of aliphatic hydroxyl groups excluding tert-OH is 1. The Morgan fingerprint density at radius 2 is 2.26 bits per heavy atom. The molecule has 0 fully saturated rings. The van der Waals surface area contributed by atoms with Gasteiger partial charge in [-0.25, -0.2) is 0 Å². The fraction of sp³-hybridized carbons (Fsp3) is 0.467. The van der Waals surface area contributed by atoms with Crippen LogP contribution in [0.1, 0.15) is 31.0 Å². The van der Waals surface area contributed by atoms with Gasteiger partial charge in [0.1, 0.15) is 11.4 Å². The van der Waals surface area contributed by atoms with Gasteiger partial charge in [0.2, 0.25) is 0 Å². The number of ether oxygens (including phenoxy) is 1. The fourth-order valence-electron chi connectivity index (χ4n) is 3.19. The number of aromatic amines is 1. The Hall–Kier alpha value is -1.52. The molecule has 1 aromatic heterocycles. The predicted molar refractivity (Wildman–Crippen MR) is 73.3 cm³/mol. The molecule has 0 saturated heterocycles. The summed E-state index contributed by atoms with van der Waals surface area (Å²) < 4.78 is 5.98. The lowest BCUT2D eigenvalue weighted by Crippen LogP contribution is -2.36. The van der Waals surface area contributed by atoms with Crippen LogP contribution in [-0.2, 0) is 16.8 Å². The number of H-pyrrole nitrogens is 1. The lowest BCUT2D eigenvalue weighted by atomic mass is 9.86. The Labute approximate surface area is 112 Å². The number of aliphatic hydroxyl groups is 1. The molecule has 4 heteroatoms. The Kier molecular flexibility index (Phi) is 2.99. The SMILES string of the molecule is CCC1(CCO)OCCc2c1[nH]c1cccc(O)c21. The van der Waals surface area contributed by atoms with E-state index in [4.69, 9.17) is 4.74 Å². The van der Waals surface area contributed by atoms with Crippen molar-refractivity contribution in [3.8, 4) is 5.75 Å². The molecular weight excluding hydrogens is 242 g/mol. The van der Waals surface area contributed by atoms with Crippen LogP contribution in [-0.4, -0.2) is 28.4 Å². The highest BCUT2D eigenvalue weighted by atomic mass is 16.5. The average molecular weight is 261 g/mol. The van der Waals surface area contributed by atoms with Crippen LogP contribution in [0.4, 0.5) is 0 Å². The van der Waals surface area contributed by atoms with Gasteiger partial charge in [-0.1, -0.05) is 13.0 Å². The van der Waals surface area contributed by atoms with Crippen molar-refractivity contribution in [3.63, 3.8) is 0 Å². The van der Waals surface area contributed by atoms with E-state index >= 15 is 0 Å². The van der Waals surface area contributed by atoms with Gasteiger partial charge < -0.3 is 19.9 Å². The van der Waals surface area contributed by atoms with E-state index in [0.29, 0.717) is 18.8 Å². The monoisotopic (exact) mass is 261 g/mol. The van der Waals surface area contributed by atoms with Crippen molar-refractivity contribution in [2.75, 3.05) is 13.2 Å². The second-order valence-corrected chi connectivity index (χ2v) is 5.10. The molecule has 1 aliphatic rings. The third kappa shape index (κ3) is 1.75. The quantitative estimate of drug-likeness (QED) is 0.795. The second-order valence-electron chi connectivity index (χ2n) is 5.10. The first-order valence-corrected chi connectivity index (χ1v) is 6.79. The standard InChI is InChI=1S/C15H19NO3/c1-2-15(7-8-17)14-10(6-9-19-15)13-11(16-14)4-3-5-12(13)18/h3-5,16-18H,2,6-9H2,1H3. The first-order valence-electron chi connectivity index (χ1n) is 6.79. The second kappa shape index (κ2) is 4.54. The van der Waals surface area contributed by atoms with Crippen molar-refractivity contribution in [2.45, 2.75) is 31.8 Å². The van der Waals surface area contributed by atoms with E-state index in [9.17, 15) is 10.2 Å². The number of phenols is 1. The van der Waals surface area contributed by atoms with Crippen LogP contribution in [0.3, 0.4) is 0 Å². The highest BCUT2D eigenvalue weighted by molar-refractivity contribution is 5.90. The summed E-state index contributed by atoms with van der Waals surface area (Å²) in [5.74, 6) is 0.311. The van der Waals surface area contributed by atoms with Gasteiger partial charge in [-0.2, -0.15) is 0 Å². The maximum atomic E-state index is 10.1. The van der Waals surface area contributed by atoms with E-state index in [2.05, 4.69) is 11.9 Å². The van der Waals surface area contributed by atoms with Gasteiger partial charge in [-0.15, -0.1) is 0 Å². The van der Waals surface area contributed by atoms with Crippen LogP contribution in [0.25, 0.3) is 10.9 Å². The topological polar surface area (TPSA) is 65.5 Å². The molecule has 2 heterocycles. The lowest BCUT2D eigenvalue weighted by molar-refractivity contribution is -0.0795. The number of phenolic OH excluding ortho intramolecular Hbond substituents is 1. The number of fused-ring (bicyclic) bond motifs is 3. The molecule has 0 bridgehead atoms. The molecule has 0 amide bonds. The average Bonchev–Trinajstić information content (AvgIpc) is 2.80. The molecular formula is C15H19NO3. The van der Waals surface area contributed by atoms with Crippen molar-refractivity contribution in [2.24, 2.45) is 0 Å². The Bertz CT molecular complexity index is 605. The van der Waals surface area contributed by atoms with Crippen LogP contribution in [0.5, 0.6) is 5.75 Å². The smallest absolute Gasteiger partial charge is 0.125 e. The van der Waals surface area contributed by atoms with Gasteiger partial charge >= 0.3 is 0 Å². The van der Waals surface area contributed by atoms with Crippen LogP contribution >= 0.6 is 0 Å². The van der Waals surface area contributed by atoms with Crippen molar-refractivity contribution in [1.29, 1.82) is 0 Å². The molecule has 0 aliphatic carbocycles. The van der Waals surface area contributed by atoms with Crippen LogP contribution < -0.4 is 0 Å². The third-order valence-electron chi connectivity index (χ3n) is 4.18. The number of rotatable bonds is 3. The van der Waals surface area contributed by atoms with Gasteiger partial charge in [-0.3, -0.25) is 0 Å². The molecule has 0 saturated carbocycles. The van der Waals surface area contributed by atoms with E-state index in [0.717, 1.165) is 35.0 Å². The largest absolute Gasteiger partial charge is 0.507 e. The summed E-state index contributed by atoms with van der Waals surface area (Å²) in [5, 5.41) is 20.3. The van der Waals surface area contributed by atoms with E-state index < -0.39 is 5.60 Å². The predicted octanol–water partition coefficient (Wildman–Crippen LogP) is 2.43. The molecule has 3 N–H and O–H groups in total. The maximum absolute atomic E-state index is 10.1. The number of aromatic nitrogens is 1. The molecule has 2 aromatic rings. The first-order chi connectivity index (χ1) is 9.22. The lowest BCUT2D eigenvalue weighted by Gasteiger charge is -2.36. The highest BCUT2D eigenvalue weighted by Gasteiger charge is 2.38. The van der Waals surface area contributed by atoms with E-state index in [1.54, 1.807) is 6.07 Å². The number of aromatic hydroxyl groups is 1. The van der Waals surface area contributed by atoms with Gasteiger partial charge in [0.05, 0.1) is 12.3 Å². The minimum Gasteiger partial charge on any atom is -0.507 e. The Morgan fingerprint density at radius 1 is 1.42 bits per heavy atom. The zero-order valence-corrected chi connectivity index (χ0v) is 11.1. The summed E-state index contributed by atoms with van der Waals surface area (Å²) in [6.07, 6.45) is 2.16.